The lowest BCUT2D eigenvalue weighted by Crippen LogP contribution is -2.55. The van der Waals surface area contributed by atoms with E-state index in [1.165, 1.54) is 11.3 Å². The summed E-state index contributed by atoms with van der Waals surface area (Å²) in [6.07, 6.45) is 0. The molecule has 1 saturated heterocycles. The molecule has 0 radical (unpaired) electrons. The maximum Gasteiger partial charge on any atom is 0.0367 e. The van der Waals surface area contributed by atoms with Gasteiger partial charge in [-0.1, -0.05) is 32.9 Å². The predicted molar refractivity (Wildman–Crippen MR) is 84.0 cm³/mol. The van der Waals surface area contributed by atoms with Crippen LogP contribution in [0.4, 0.5) is 5.69 Å². The van der Waals surface area contributed by atoms with E-state index in [4.69, 9.17) is 0 Å². The maximum atomic E-state index is 2.52. The van der Waals surface area contributed by atoms with Gasteiger partial charge in [-0.25, -0.2) is 0 Å². The summed E-state index contributed by atoms with van der Waals surface area (Å²) in [5.74, 6) is 0. The van der Waals surface area contributed by atoms with E-state index in [1.807, 2.05) is 0 Å². The molecular weight excluding hydrogens is 232 g/mol. The van der Waals surface area contributed by atoms with Gasteiger partial charge in [-0.05, 0) is 44.0 Å². The van der Waals surface area contributed by atoms with Crippen LogP contribution in [-0.4, -0.2) is 37.1 Å². The van der Waals surface area contributed by atoms with Crippen LogP contribution in [0.1, 0.15) is 40.2 Å². The molecule has 2 atom stereocenters. The van der Waals surface area contributed by atoms with Crippen molar-refractivity contribution in [1.82, 2.24) is 4.90 Å². The average molecular weight is 260 g/mol. The van der Waals surface area contributed by atoms with Crippen molar-refractivity contribution in [1.29, 1.82) is 0 Å². The standard InChI is InChI=1S/C17H28N2/c1-13-11-19(12-14(2)18(13)6)16-9-7-15(8-10-16)17(3,4)5/h7-10,13-14H,11-12H2,1-6H3. The minimum absolute atomic E-state index is 0.237. The second-order valence-electron chi connectivity index (χ2n) is 7.07. The monoisotopic (exact) mass is 260 g/mol. The summed E-state index contributed by atoms with van der Waals surface area (Å²) in [4.78, 5) is 4.99. The molecule has 106 valence electrons. The van der Waals surface area contributed by atoms with Crippen LogP contribution in [0.3, 0.4) is 0 Å². The Labute approximate surface area is 118 Å². The summed E-state index contributed by atoms with van der Waals surface area (Å²) in [7, 11) is 2.23. The van der Waals surface area contributed by atoms with Crippen molar-refractivity contribution in [3.05, 3.63) is 29.8 Å². The molecule has 2 heteroatoms. The van der Waals surface area contributed by atoms with E-state index < -0.39 is 0 Å². The molecule has 2 rings (SSSR count). The Morgan fingerprint density at radius 3 is 1.84 bits per heavy atom. The molecule has 19 heavy (non-hydrogen) atoms. The molecule has 1 aromatic rings. The van der Waals surface area contributed by atoms with Gasteiger partial charge in [-0.2, -0.15) is 0 Å². The Morgan fingerprint density at radius 1 is 0.947 bits per heavy atom. The van der Waals surface area contributed by atoms with E-state index in [0.717, 1.165) is 13.1 Å². The van der Waals surface area contributed by atoms with Gasteiger partial charge in [0.1, 0.15) is 0 Å². The van der Waals surface area contributed by atoms with Crippen molar-refractivity contribution < 1.29 is 0 Å². The number of benzene rings is 1. The Balaban J connectivity index is 2.15. The van der Waals surface area contributed by atoms with Gasteiger partial charge in [0.25, 0.3) is 0 Å². The molecule has 0 bridgehead atoms. The van der Waals surface area contributed by atoms with Gasteiger partial charge in [0, 0.05) is 30.9 Å². The highest BCUT2D eigenvalue weighted by Gasteiger charge is 2.26. The second kappa shape index (κ2) is 5.16. The summed E-state index contributed by atoms with van der Waals surface area (Å²) in [5, 5.41) is 0. The first-order valence-corrected chi connectivity index (χ1v) is 7.36. The van der Waals surface area contributed by atoms with Crippen LogP contribution in [0.25, 0.3) is 0 Å². The highest BCUT2D eigenvalue weighted by atomic mass is 15.3. The normalized spacial score (nSPS) is 25.7. The Bertz CT molecular complexity index is 404. The zero-order chi connectivity index (χ0) is 14.2. The van der Waals surface area contributed by atoms with E-state index in [-0.39, 0.29) is 5.41 Å². The highest BCUT2D eigenvalue weighted by Crippen LogP contribution is 2.26. The molecule has 0 amide bonds. The second-order valence-corrected chi connectivity index (χ2v) is 7.07. The number of likely N-dealkylation sites (N-methyl/N-ethyl adjacent to an activating group) is 1. The van der Waals surface area contributed by atoms with E-state index in [2.05, 4.69) is 75.7 Å². The molecule has 0 aromatic heterocycles. The number of hydrogen-bond acceptors (Lipinski definition) is 2. The van der Waals surface area contributed by atoms with Crippen LogP contribution in [0, 0.1) is 0 Å². The molecule has 2 nitrogen and oxygen atoms in total. The van der Waals surface area contributed by atoms with Crippen LogP contribution in [0.5, 0.6) is 0 Å². The molecule has 0 spiro atoms. The van der Waals surface area contributed by atoms with Gasteiger partial charge < -0.3 is 4.90 Å². The third kappa shape index (κ3) is 3.11. The topological polar surface area (TPSA) is 6.48 Å². The SMILES string of the molecule is CC1CN(c2ccc(C(C)(C)C)cc2)CC(C)N1C. The largest absolute Gasteiger partial charge is 0.368 e. The smallest absolute Gasteiger partial charge is 0.0367 e. The quantitative estimate of drug-likeness (QED) is 0.762. The van der Waals surface area contributed by atoms with Crippen molar-refractivity contribution in [2.75, 3.05) is 25.0 Å². The van der Waals surface area contributed by atoms with Gasteiger partial charge in [-0.15, -0.1) is 0 Å². The van der Waals surface area contributed by atoms with Crippen molar-refractivity contribution in [3.63, 3.8) is 0 Å². The minimum Gasteiger partial charge on any atom is -0.368 e. The average Bonchev–Trinajstić information content (AvgIpc) is 2.34. The van der Waals surface area contributed by atoms with Crippen LogP contribution in [0.15, 0.2) is 24.3 Å². The van der Waals surface area contributed by atoms with E-state index >= 15 is 0 Å². The molecule has 0 N–H and O–H groups in total. The number of piperazine rings is 1. The van der Waals surface area contributed by atoms with Gasteiger partial charge in [0.15, 0.2) is 0 Å². The molecule has 1 aromatic carbocycles. The highest BCUT2D eigenvalue weighted by molar-refractivity contribution is 5.49. The van der Waals surface area contributed by atoms with E-state index in [0.29, 0.717) is 12.1 Å². The lowest BCUT2D eigenvalue weighted by molar-refractivity contribution is 0.170. The summed E-state index contributed by atoms with van der Waals surface area (Å²) in [6, 6.07) is 10.4. The summed E-state index contributed by atoms with van der Waals surface area (Å²) in [5.41, 5.74) is 3.01. The van der Waals surface area contributed by atoms with Gasteiger partial charge in [0.05, 0.1) is 0 Å². The van der Waals surface area contributed by atoms with Gasteiger partial charge >= 0.3 is 0 Å². The minimum atomic E-state index is 0.237. The number of rotatable bonds is 1. The van der Waals surface area contributed by atoms with Crippen molar-refractivity contribution in [2.24, 2.45) is 0 Å². The fraction of sp³-hybridized carbons (Fsp3) is 0.647. The van der Waals surface area contributed by atoms with E-state index in [1.54, 1.807) is 0 Å². The summed E-state index contributed by atoms with van der Waals surface area (Å²) >= 11 is 0. The lowest BCUT2D eigenvalue weighted by Gasteiger charge is -2.43. The maximum absolute atomic E-state index is 2.52. The first-order chi connectivity index (χ1) is 8.79. The summed E-state index contributed by atoms with van der Waals surface area (Å²) < 4.78 is 0. The fourth-order valence-corrected chi connectivity index (χ4v) is 2.79. The predicted octanol–water partition coefficient (Wildman–Crippen LogP) is 3.51. The molecule has 2 unspecified atom stereocenters. The Morgan fingerprint density at radius 2 is 1.42 bits per heavy atom. The zero-order valence-electron chi connectivity index (χ0n) is 13.3. The number of nitrogens with zero attached hydrogens (tertiary/aromatic N) is 2. The number of anilines is 1. The van der Waals surface area contributed by atoms with Crippen LogP contribution in [-0.2, 0) is 5.41 Å². The molecule has 1 heterocycles. The van der Waals surface area contributed by atoms with Crippen LogP contribution < -0.4 is 4.90 Å². The molecule has 0 saturated carbocycles. The van der Waals surface area contributed by atoms with Crippen LogP contribution >= 0.6 is 0 Å². The first kappa shape index (κ1) is 14.4. The van der Waals surface area contributed by atoms with Crippen LogP contribution in [0.2, 0.25) is 0 Å². The Kier molecular flexibility index (Phi) is 3.91. The molecular formula is C17H28N2. The van der Waals surface area contributed by atoms with Gasteiger partial charge in [-0.3, -0.25) is 4.90 Å². The fourth-order valence-electron chi connectivity index (χ4n) is 2.79. The molecule has 1 aliphatic heterocycles. The molecule has 0 aliphatic carbocycles. The van der Waals surface area contributed by atoms with Gasteiger partial charge in [0.2, 0.25) is 0 Å². The third-order valence-electron chi connectivity index (χ3n) is 4.46. The molecule has 1 fully saturated rings. The molecule has 1 aliphatic rings. The van der Waals surface area contributed by atoms with Crippen molar-refractivity contribution in [2.45, 2.75) is 52.1 Å². The van der Waals surface area contributed by atoms with Crippen molar-refractivity contribution >= 4 is 5.69 Å². The first-order valence-electron chi connectivity index (χ1n) is 7.36. The van der Waals surface area contributed by atoms with Crippen molar-refractivity contribution in [3.8, 4) is 0 Å². The lowest BCUT2D eigenvalue weighted by atomic mass is 9.87. The number of hydrogen-bond donors (Lipinski definition) is 0. The Hall–Kier alpha value is -1.02. The zero-order valence-corrected chi connectivity index (χ0v) is 13.3. The van der Waals surface area contributed by atoms with E-state index in [9.17, 15) is 0 Å². The third-order valence-corrected chi connectivity index (χ3v) is 4.46. The summed E-state index contributed by atoms with van der Waals surface area (Å²) in [6.45, 7) is 13.7.